The predicted octanol–water partition coefficient (Wildman–Crippen LogP) is 6.33. The maximum atomic E-state index is 13.1. The highest BCUT2D eigenvalue weighted by atomic mass is 35.5. The van der Waals surface area contributed by atoms with Crippen LogP contribution in [0.25, 0.3) is 10.8 Å². The van der Waals surface area contributed by atoms with Crippen LogP contribution in [-0.2, 0) is 17.5 Å². The molecule has 0 aliphatic heterocycles. The minimum absolute atomic E-state index is 0.0347. The summed E-state index contributed by atoms with van der Waals surface area (Å²) in [4.78, 5) is 24.6. The highest BCUT2D eigenvalue weighted by Gasteiger charge is 2.33. The van der Waals surface area contributed by atoms with Gasteiger partial charge in [0.2, 0.25) is 0 Å². The Balaban J connectivity index is 1.39. The number of hydrogen-bond acceptors (Lipinski definition) is 5. The zero-order valence-corrected chi connectivity index (χ0v) is 21.9. The zero-order valence-electron chi connectivity index (χ0n) is 20.4. The Hall–Kier alpha value is -4.28. The number of benzene rings is 4. The molecule has 0 aromatic heterocycles. The number of carbonyl (C=O) groups is 2. The highest BCUT2D eigenvalue weighted by molar-refractivity contribution is 6.32. The summed E-state index contributed by atoms with van der Waals surface area (Å²) >= 11 is 11.5. The molecule has 0 saturated heterocycles. The molecule has 4 aromatic rings. The molecule has 206 valence electrons. The second-order valence-corrected chi connectivity index (χ2v) is 9.26. The molecular weight excluding hydrogens is 570 g/mol. The van der Waals surface area contributed by atoms with Gasteiger partial charge < -0.3 is 15.2 Å². The van der Waals surface area contributed by atoms with Gasteiger partial charge in [0.15, 0.2) is 6.61 Å². The summed E-state index contributed by atoms with van der Waals surface area (Å²) < 4.78 is 44.9. The first-order valence-corrected chi connectivity index (χ1v) is 12.4. The Kier molecular flexibility index (Phi) is 8.81. The van der Waals surface area contributed by atoms with E-state index in [9.17, 15) is 27.9 Å². The molecule has 0 aliphatic rings. The van der Waals surface area contributed by atoms with Crippen LogP contribution in [0.2, 0.25) is 10.0 Å². The number of phenols is 1. The molecule has 7 nitrogen and oxygen atoms in total. The Morgan fingerprint density at radius 3 is 2.42 bits per heavy atom. The fourth-order valence-electron chi connectivity index (χ4n) is 3.70. The molecule has 12 heteroatoms. The van der Waals surface area contributed by atoms with Crippen LogP contribution in [0.15, 0.2) is 77.9 Å². The topological polar surface area (TPSA) is 100 Å². The molecule has 0 aliphatic carbocycles. The van der Waals surface area contributed by atoms with Gasteiger partial charge in [-0.1, -0.05) is 53.5 Å². The van der Waals surface area contributed by atoms with Gasteiger partial charge >= 0.3 is 6.18 Å². The predicted molar refractivity (Wildman–Crippen MR) is 146 cm³/mol. The van der Waals surface area contributed by atoms with Gasteiger partial charge in [-0.3, -0.25) is 9.59 Å². The van der Waals surface area contributed by atoms with Crippen LogP contribution in [0.3, 0.4) is 0 Å². The van der Waals surface area contributed by atoms with Crippen molar-refractivity contribution >= 4 is 52.0 Å². The third-order valence-corrected chi connectivity index (χ3v) is 6.31. The lowest BCUT2D eigenvalue weighted by atomic mass is 10.0. The summed E-state index contributed by atoms with van der Waals surface area (Å²) in [6.45, 7) is -0.511. The van der Waals surface area contributed by atoms with Crippen molar-refractivity contribution in [3.8, 4) is 11.5 Å². The fraction of sp³-hybridized carbons (Fsp3) is 0.107. The van der Waals surface area contributed by atoms with Crippen LogP contribution in [0.1, 0.15) is 27.0 Å². The lowest BCUT2D eigenvalue weighted by Gasteiger charge is -2.13. The van der Waals surface area contributed by atoms with Crippen LogP contribution in [0, 0.1) is 0 Å². The third-order valence-electron chi connectivity index (χ3n) is 5.68. The lowest BCUT2D eigenvalue weighted by Crippen LogP contribution is -2.28. The molecule has 0 spiro atoms. The van der Waals surface area contributed by atoms with Gasteiger partial charge in [0, 0.05) is 23.1 Å². The number of carbonyl (C=O) groups excluding carboxylic acids is 2. The average Bonchev–Trinajstić information content (AvgIpc) is 2.92. The van der Waals surface area contributed by atoms with Crippen molar-refractivity contribution in [3.05, 3.63) is 105 Å². The SMILES string of the molecule is O=C(COc1ccc(C=NNC(=O)c2ccc(O)c(Cl)c2)c2ccccc12)NCc1ccc(Cl)c(C(F)(F)F)c1. The van der Waals surface area contributed by atoms with Crippen molar-refractivity contribution in [1.82, 2.24) is 10.7 Å². The van der Waals surface area contributed by atoms with Crippen molar-refractivity contribution in [2.45, 2.75) is 12.7 Å². The molecular formula is C28H20Cl2F3N3O4. The molecule has 4 aromatic carbocycles. The average molecular weight is 590 g/mol. The van der Waals surface area contributed by atoms with E-state index in [4.69, 9.17) is 27.9 Å². The number of rotatable bonds is 8. The molecule has 0 unspecified atom stereocenters. The Bertz CT molecular complexity index is 1610. The number of nitrogens with one attached hydrogen (secondary N) is 2. The van der Waals surface area contributed by atoms with E-state index in [-0.39, 0.29) is 35.1 Å². The van der Waals surface area contributed by atoms with Gasteiger partial charge in [-0.2, -0.15) is 18.3 Å². The number of hydrazone groups is 1. The van der Waals surface area contributed by atoms with E-state index in [1.54, 1.807) is 30.3 Å². The van der Waals surface area contributed by atoms with Gasteiger partial charge in [0.25, 0.3) is 11.8 Å². The zero-order chi connectivity index (χ0) is 28.9. The second-order valence-electron chi connectivity index (χ2n) is 8.44. The normalized spacial score (nSPS) is 11.5. The molecule has 0 radical (unpaired) electrons. The molecule has 0 saturated carbocycles. The minimum Gasteiger partial charge on any atom is -0.506 e. The molecule has 40 heavy (non-hydrogen) atoms. The van der Waals surface area contributed by atoms with E-state index in [0.29, 0.717) is 16.7 Å². The van der Waals surface area contributed by atoms with Crippen molar-refractivity contribution in [1.29, 1.82) is 0 Å². The van der Waals surface area contributed by atoms with Gasteiger partial charge in [0.05, 0.1) is 21.8 Å². The minimum atomic E-state index is -4.61. The molecule has 3 N–H and O–H groups in total. The van der Waals surface area contributed by atoms with Crippen molar-refractivity contribution in [3.63, 3.8) is 0 Å². The van der Waals surface area contributed by atoms with Crippen LogP contribution >= 0.6 is 23.2 Å². The number of fused-ring (bicyclic) bond motifs is 1. The van der Waals surface area contributed by atoms with Gasteiger partial charge in [0.1, 0.15) is 11.5 Å². The number of ether oxygens (including phenoxy) is 1. The quantitative estimate of drug-likeness (QED) is 0.165. The fourth-order valence-corrected chi connectivity index (χ4v) is 4.11. The van der Waals surface area contributed by atoms with Gasteiger partial charge in [-0.25, -0.2) is 5.43 Å². The van der Waals surface area contributed by atoms with E-state index in [0.717, 1.165) is 17.5 Å². The van der Waals surface area contributed by atoms with Crippen molar-refractivity contribution < 1.29 is 32.6 Å². The number of aromatic hydroxyl groups is 1. The Labute approximate surface area is 236 Å². The van der Waals surface area contributed by atoms with Crippen LogP contribution < -0.4 is 15.5 Å². The van der Waals surface area contributed by atoms with Crippen LogP contribution in [0.5, 0.6) is 11.5 Å². The summed E-state index contributed by atoms with van der Waals surface area (Å²) in [7, 11) is 0. The largest absolute Gasteiger partial charge is 0.506 e. The first-order chi connectivity index (χ1) is 19.0. The maximum Gasteiger partial charge on any atom is 0.417 e. The molecule has 0 bridgehead atoms. The Morgan fingerprint density at radius 2 is 1.70 bits per heavy atom. The van der Waals surface area contributed by atoms with E-state index in [1.165, 1.54) is 30.5 Å². The summed E-state index contributed by atoms with van der Waals surface area (Å²) in [6, 6.07) is 17.9. The van der Waals surface area contributed by atoms with Crippen LogP contribution in [-0.4, -0.2) is 29.7 Å². The monoisotopic (exact) mass is 589 g/mol. The highest BCUT2D eigenvalue weighted by Crippen LogP contribution is 2.35. The van der Waals surface area contributed by atoms with Crippen LogP contribution in [0.4, 0.5) is 13.2 Å². The molecule has 0 fully saturated rings. The number of hydrogen-bond donors (Lipinski definition) is 3. The van der Waals surface area contributed by atoms with Gasteiger partial charge in [-0.15, -0.1) is 0 Å². The van der Waals surface area contributed by atoms with E-state index in [1.807, 2.05) is 6.07 Å². The van der Waals surface area contributed by atoms with Crippen molar-refractivity contribution in [2.24, 2.45) is 5.10 Å². The van der Waals surface area contributed by atoms with E-state index < -0.39 is 28.6 Å². The Morgan fingerprint density at radius 1 is 0.950 bits per heavy atom. The first-order valence-electron chi connectivity index (χ1n) is 11.6. The number of alkyl halides is 3. The second kappa shape index (κ2) is 12.3. The van der Waals surface area contributed by atoms with E-state index >= 15 is 0 Å². The molecule has 4 rings (SSSR count). The summed E-state index contributed by atoms with van der Waals surface area (Å²) in [5, 5.41) is 17.0. The number of nitrogens with zero attached hydrogens (tertiary/aromatic N) is 1. The third kappa shape index (κ3) is 7.02. The summed E-state index contributed by atoms with van der Waals surface area (Å²) in [5.74, 6) is -0.803. The molecule has 0 heterocycles. The number of amides is 2. The molecule has 2 amide bonds. The maximum absolute atomic E-state index is 13.1. The standard InChI is InChI=1S/C28H20Cl2F3N3O4/c29-22-8-5-16(11-21(22)28(31,32)33)13-34-26(38)15-40-25-10-7-18(19-3-1-2-4-20(19)25)14-35-36-27(39)17-6-9-24(37)23(30)12-17/h1-12,14,37H,13,15H2,(H,34,38)(H,36,39). The van der Waals surface area contributed by atoms with E-state index in [2.05, 4.69) is 15.8 Å². The smallest absolute Gasteiger partial charge is 0.417 e. The summed E-state index contributed by atoms with van der Waals surface area (Å²) in [6.07, 6.45) is -3.16. The first kappa shape index (κ1) is 28.7. The molecule has 0 atom stereocenters. The summed E-state index contributed by atoms with van der Waals surface area (Å²) in [5.41, 5.74) is 2.52. The van der Waals surface area contributed by atoms with Crippen molar-refractivity contribution in [2.75, 3.05) is 6.61 Å². The lowest BCUT2D eigenvalue weighted by molar-refractivity contribution is -0.137. The van der Waals surface area contributed by atoms with Gasteiger partial charge in [-0.05, 0) is 53.4 Å². The number of halogens is 5. The number of phenolic OH excluding ortho intramolecular Hbond substituents is 1.